The molecule has 5 nitrogen and oxygen atoms in total. The average Bonchev–Trinajstić information content (AvgIpc) is 3.20. The van der Waals surface area contributed by atoms with Crippen LogP contribution in [0.4, 0.5) is 5.82 Å². The van der Waals surface area contributed by atoms with Crippen molar-refractivity contribution in [2.45, 2.75) is 19.3 Å². The molecule has 3 aromatic carbocycles. The fraction of sp³-hybridized carbons (Fsp3) is 0.154. The van der Waals surface area contributed by atoms with Crippen LogP contribution in [-0.2, 0) is 4.79 Å². The zero-order valence-corrected chi connectivity index (χ0v) is 17.3. The zero-order valence-electron chi connectivity index (χ0n) is 17.3. The maximum Gasteiger partial charge on any atom is 0.226 e. The number of carbonyl (C=O) groups excluding carboxylic acids is 1. The molecule has 0 saturated heterocycles. The highest BCUT2D eigenvalue weighted by atomic mass is 16.5. The third-order valence-electron chi connectivity index (χ3n) is 5.56. The second-order valence-electron chi connectivity index (χ2n) is 7.53. The standard InChI is InChI=1S/C26H23N3O2/c1-2-31-21-15-13-18(14-16-21)22-17-23(30)27-26-24(22)25(19-9-5-3-6-10-19)28-29(26)20-11-7-4-8-12-20/h3-16,22H,2,17H2,1H3,(H,27,30)/t22-/m0/s1. The van der Waals surface area contributed by atoms with Gasteiger partial charge in [-0.2, -0.15) is 5.10 Å². The van der Waals surface area contributed by atoms with Crippen LogP contribution in [-0.4, -0.2) is 22.3 Å². The lowest BCUT2D eigenvalue weighted by Gasteiger charge is -2.25. The molecular formula is C26H23N3O2. The van der Waals surface area contributed by atoms with Crippen LogP contribution in [0.15, 0.2) is 84.9 Å². The first-order valence-electron chi connectivity index (χ1n) is 10.5. The third kappa shape index (κ3) is 3.59. The quantitative estimate of drug-likeness (QED) is 0.479. The van der Waals surface area contributed by atoms with Crippen LogP contribution in [0, 0.1) is 0 Å². The summed E-state index contributed by atoms with van der Waals surface area (Å²) >= 11 is 0. The average molecular weight is 409 g/mol. The van der Waals surface area contributed by atoms with E-state index in [1.54, 1.807) is 0 Å². The van der Waals surface area contributed by atoms with E-state index in [1.807, 2.05) is 84.4 Å². The lowest BCUT2D eigenvalue weighted by atomic mass is 9.84. The number of anilines is 1. The molecule has 31 heavy (non-hydrogen) atoms. The van der Waals surface area contributed by atoms with Crippen LogP contribution in [0.5, 0.6) is 5.75 Å². The number of para-hydroxylation sites is 1. The van der Waals surface area contributed by atoms with E-state index in [0.717, 1.165) is 39.6 Å². The Morgan fingerprint density at radius 3 is 2.32 bits per heavy atom. The van der Waals surface area contributed by atoms with Gasteiger partial charge in [0, 0.05) is 23.5 Å². The number of hydrogen-bond donors (Lipinski definition) is 1. The Hall–Kier alpha value is -3.86. The Labute approximate surface area is 181 Å². The summed E-state index contributed by atoms with van der Waals surface area (Å²) in [6.45, 7) is 2.59. The van der Waals surface area contributed by atoms with Crippen molar-refractivity contribution in [3.05, 3.63) is 96.1 Å². The van der Waals surface area contributed by atoms with Crippen molar-refractivity contribution in [3.63, 3.8) is 0 Å². The second-order valence-corrected chi connectivity index (χ2v) is 7.53. The number of hydrogen-bond acceptors (Lipinski definition) is 3. The topological polar surface area (TPSA) is 56.1 Å². The van der Waals surface area contributed by atoms with Gasteiger partial charge in [-0.25, -0.2) is 4.68 Å². The highest BCUT2D eigenvalue weighted by molar-refractivity contribution is 5.96. The molecule has 1 aliphatic rings. The molecule has 0 spiro atoms. The van der Waals surface area contributed by atoms with E-state index >= 15 is 0 Å². The predicted molar refractivity (Wildman–Crippen MR) is 122 cm³/mol. The summed E-state index contributed by atoms with van der Waals surface area (Å²) in [5.41, 5.74) is 4.94. The zero-order chi connectivity index (χ0) is 21.2. The molecule has 1 aromatic heterocycles. The summed E-state index contributed by atoms with van der Waals surface area (Å²) in [7, 11) is 0. The minimum atomic E-state index is -0.0907. The number of fused-ring (bicyclic) bond motifs is 1. The van der Waals surface area contributed by atoms with E-state index in [1.165, 1.54) is 0 Å². The second kappa shape index (κ2) is 8.11. The van der Waals surface area contributed by atoms with Gasteiger partial charge < -0.3 is 10.1 Å². The Morgan fingerprint density at radius 2 is 1.65 bits per heavy atom. The fourth-order valence-corrected chi connectivity index (χ4v) is 4.16. The lowest BCUT2D eigenvalue weighted by Crippen LogP contribution is -2.24. The molecule has 0 radical (unpaired) electrons. The Morgan fingerprint density at radius 1 is 0.968 bits per heavy atom. The van der Waals surface area contributed by atoms with Gasteiger partial charge in [0.05, 0.1) is 18.0 Å². The van der Waals surface area contributed by atoms with E-state index in [0.29, 0.717) is 13.0 Å². The number of carbonyl (C=O) groups is 1. The van der Waals surface area contributed by atoms with Crippen LogP contribution in [0.25, 0.3) is 16.9 Å². The monoisotopic (exact) mass is 409 g/mol. The molecule has 5 heteroatoms. The van der Waals surface area contributed by atoms with E-state index in [4.69, 9.17) is 9.84 Å². The van der Waals surface area contributed by atoms with Crippen LogP contribution in [0.2, 0.25) is 0 Å². The van der Waals surface area contributed by atoms with Gasteiger partial charge in [-0.15, -0.1) is 0 Å². The van der Waals surface area contributed by atoms with Crippen molar-refractivity contribution >= 4 is 11.7 Å². The summed E-state index contributed by atoms with van der Waals surface area (Å²) in [6, 6.07) is 28.1. The van der Waals surface area contributed by atoms with E-state index in [-0.39, 0.29) is 11.8 Å². The Kier molecular flexibility index (Phi) is 5.00. The molecule has 2 heterocycles. The molecule has 0 saturated carbocycles. The Balaban J connectivity index is 1.70. The molecule has 4 aromatic rings. The van der Waals surface area contributed by atoms with Gasteiger partial charge in [0.2, 0.25) is 5.91 Å². The van der Waals surface area contributed by atoms with Gasteiger partial charge >= 0.3 is 0 Å². The van der Waals surface area contributed by atoms with Gasteiger partial charge in [0.15, 0.2) is 0 Å². The van der Waals surface area contributed by atoms with Crippen molar-refractivity contribution in [1.29, 1.82) is 0 Å². The minimum Gasteiger partial charge on any atom is -0.494 e. The van der Waals surface area contributed by atoms with Gasteiger partial charge in [-0.1, -0.05) is 60.7 Å². The molecule has 0 aliphatic carbocycles. The molecule has 1 atom stereocenters. The maximum absolute atomic E-state index is 12.7. The first-order chi connectivity index (χ1) is 15.2. The van der Waals surface area contributed by atoms with Crippen molar-refractivity contribution < 1.29 is 9.53 Å². The number of benzene rings is 3. The first kappa shape index (κ1) is 19.1. The number of amides is 1. The van der Waals surface area contributed by atoms with Gasteiger partial charge in [0.1, 0.15) is 11.6 Å². The molecule has 1 N–H and O–H groups in total. The van der Waals surface area contributed by atoms with Crippen LogP contribution < -0.4 is 10.1 Å². The number of ether oxygens (including phenoxy) is 1. The van der Waals surface area contributed by atoms with E-state index in [9.17, 15) is 4.79 Å². The SMILES string of the molecule is CCOc1ccc([C@@H]2CC(=O)Nc3c2c(-c2ccccc2)nn3-c2ccccc2)cc1. The van der Waals surface area contributed by atoms with Crippen molar-refractivity contribution in [3.8, 4) is 22.7 Å². The predicted octanol–water partition coefficient (Wildman–Crippen LogP) is 5.41. The number of nitrogens with zero attached hydrogens (tertiary/aromatic N) is 2. The molecule has 5 rings (SSSR count). The summed E-state index contributed by atoms with van der Waals surface area (Å²) < 4.78 is 7.44. The molecule has 1 amide bonds. The molecular weight excluding hydrogens is 386 g/mol. The van der Waals surface area contributed by atoms with Gasteiger partial charge in [-0.3, -0.25) is 4.79 Å². The fourth-order valence-electron chi connectivity index (χ4n) is 4.16. The number of aromatic nitrogens is 2. The van der Waals surface area contributed by atoms with Gasteiger partial charge in [-0.05, 0) is 36.8 Å². The smallest absolute Gasteiger partial charge is 0.226 e. The first-order valence-corrected chi connectivity index (χ1v) is 10.5. The molecule has 0 unspecified atom stereocenters. The summed E-state index contributed by atoms with van der Waals surface area (Å²) in [6.07, 6.45) is 0.376. The normalized spacial score (nSPS) is 15.3. The van der Waals surface area contributed by atoms with Crippen LogP contribution in [0.3, 0.4) is 0 Å². The summed E-state index contributed by atoms with van der Waals surface area (Å²) in [5, 5.41) is 8.05. The molecule has 1 aliphatic heterocycles. The van der Waals surface area contributed by atoms with Crippen LogP contribution >= 0.6 is 0 Å². The third-order valence-corrected chi connectivity index (χ3v) is 5.56. The van der Waals surface area contributed by atoms with Gasteiger partial charge in [0.25, 0.3) is 0 Å². The molecule has 0 bridgehead atoms. The minimum absolute atomic E-state index is 0.0110. The van der Waals surface area contributed by atoms with Crippen molar-refractivity contribution in [2.24, 2.45) is 0 Å². The highest BCUT2D eigenvalue weighted by Gasteiger charge is 2.34. The summed E-state index contributed by atoms with van der Waals surface area (Å²) in [4.78, 5) is 12.7. The molecule has 0 fully saturated rings. The maximum atomic E-state index is 12.7. The lowest BCUT2D eigenvalue weighted by molar-refractivity contribution is -0.116. The van der Waals surface area contributed by atoms with E-state index < -0.39 is 0 Å². The highest BCUT2D eigenvalue weighted by Crippen LogP contribution is 2.44. The summed E-state index contributed by atoms with van der Waals surface area (Å²) in [5.74, 6) is 1.46. The van der Waals surface area contributed by atoms with E-state index in [2.05, 4.69) is 17.4 Å². The molecule has 154 valence electrons. The van der Waals surface area contributed by atoms with Crippen molar-refractivity contribution in [2.75, 3.05) is 11.9 Å². The number of rotatable bonds is 5. The number of nitrogens with one attached hydrogen (secondary N) is 1. The van der Waals surface area contributed by atoms with Crippen molar-refractivity contribution in [1.82, 2.24) is 9.78 Å². The largest absolute Gasteiger partial charge is 0.494 e. The van der Waals surface area contributed by atoms with Crippen LogP contribution in [0.1, 0.15) is 30.4 Å². The Bertz CT molecular complexity index is 1200.